The first-order valence-corrected chi connectivity index (χ1v) is 5.00. The van der Waals surface area contributed by atoms with Gasteiger partial charge < -0.3 is 10.4 Å². The molecular weight excluding hydrogens is 188 g/mol. The van der Waals surface area contributed by atoms with Gasteiger partial charge in [-0.1, -0.05) is 6.92 Å². The predicted molar refractivity (Wildman–Crippen MR) is 50.3 cm³/mol. The smallest absolute Gasteiger partial charge is 0.355 e. The van der Waals surface area contributed by atoms with Crippen LogP contribution in [0.3, 0.4) is 0 Å². The lowest BCUT2D eigenvalue weighted by molar-refractivity contribution is 0.0691. The third-order valence-corrected chi connectivity index (χ3v) is 2.92. The molecule has 2 unspecified atom stereocenters. The largest absolute Gasteiger partial charge is 0.476 e. The maximum absolute atomic E-state index is 10.5. The van der Waals surface area contributed by atoms with Crippen molar-refractivity contribution in [1.82, 2.24) is 4.98 Å². The Morgan fingerprint density at radius 2 is 2.54 bits per heavy atom. The fraction of sp³-hybridized carbons (Fsp3) is 0.500. The maximum Gasteiger partial charge on any atom is 0.355 e. The number of aromatic nitrogens is 1. The Balaban J connectivity index is 2.01. The van der Waals surface area contributed by atoms with E-state index in [-0.39, 0.29) is 5.69 Å². The first-order valence-electron chi connectivity index (χ1n) is 4.12. The van der Waals surface area contributed by atoms with Crippen LogP contribution in [0.2, 0.25) is 0 Å². The van der Waals surface area contributed by atoms with E-state index in [1.165, 1.54) is 11.3 Å². The fourth-order valence-electron chi connectivity index (χ4n) is 1.12. The lowest BCUT2D eigenvalue weighted by atomic mass is 10.5. The average molecular weight is 198 g/mol. The second kappa shape index (κ2) is 2.99. The summed E-state index contributed by atoms with van der Waals surface area (Å²) in [6.07, 6.45) is 1.15. The number of thiazole rings is 1. The quantitative estimate of drug-likeness (QED) is 0.775. The second-order valence-corrected chi connectivity index (χ2v) is 4.16. The molecule has 1 fully saturated rings. The summed E-state index contributed by atoms with van der Waals surface area (Å²) in [5.74, 6) is -0.273. The Kier molecular flexibility index (Phi) is 1.95. The minimum atomic E-state index is -0.965. The fourth-order valence-corrected chi connectivity index (χ4v) is 1.87. The van der Waals surface area contributed by atoms with Crippen LogP contribution in [0.15, 0.2) is 5.38 Å². The van der Waals surface area contributed by atoms with Crippen LogP contribution in [0.25, 0.3) is 0 Å². The molecule has 0 aromatic carbocycles. The molecule has 70 valence electrons. The van der Waals surface area contributed by atoms with E-state index in [9.17, 15) is 4.79 Å². The van der Waals surface area contributed by atoms with Crippen LogP contribution in [0.1, 0.15) is 23.8 Å². The minimum absolute atomic E-state index is 0.126. The SMILES string of the molecule is CC1CC1Nc1nc(C(=O)O)cs1. The number of nitrogens with zero attached hydrogens (tertiary/aromatic N) is 1. The van der Waals surface area contributed by atoms with Gasteiger partial charge in [0.2, 0.25) is 0 Å². The summed E-state index contributed by atoms with van der Waals surface area (Å²) in [7, 11) is 0. The monoisotopic (exact) mass is 198 g/mol. The Hall–Kier alpha value is -1.10. The van der Waals surface area contributed by atoms with Gasteiger partial charge in [0.05, 0.1) is 0 Å². The van der Waals surface area contributed by atoms with E-state index in [4.69, 9.17) is 5.11 Å². The number of carboxylic acid groups (broad SMARTS) is 1. The number of aromatic carboxylic acids is 1. The van der Waals surface area contributed by atoms with E-state index in [0.29, 0.717) is 17.1 Å². The van der Waals surface area contributed by atoms with Crippen LogP contribution in [-0.2, 0) is 0 Å². The van der Waals surface area contributed by atoms with E-state index in [0.717, 1.165) is 6.42 Å². The highest BCUT2D eigenvalue weighted by Gasteiger charge is 2.33. The Morgan fingerprint density at radius 1 is 1.85 bits per heavy atom. The molecule has 5 heteroatoms. The molecule has 0 bridgehead atoms. The summed E-state index contributed by atoms with van der Waals surface area (Å²) in [5.41, 5.74) is 0.126. The average Bonchev–Trinajstić information content (AvgIpc) is 2.61. The molecule has 4 nitrogen and oxygen atoms in total. The van der Waals surface area contributed by atoms with Crippen LogP contribution >= 0.6 is 11.3 Å². The molecular formula is C8H10N2O2S. The summed E-state index contributed by atoms with van der Waals surface area (Å²) < 4.78 is 0. The molecule has 2 N–H and O–H groups in total. The molecule has 1 aliphatic rings. The van der Waals surface area contributed by atoms with Crippen molar-refractivity contribution < 1.29 is 9.90 Å². The third kappa shape index (κ3) is 1.80. The van der Waals surface area contributed by atoms with Crippen molar-refractivity contribution >= 4 is 22.4 Å². The summed E-state index contributed by atoms with van der Waals surface area (Å²) in [5, 5.41) is 14.1. The highest BCUT2D eigenvalue weighted by atomic mass is 32.1. The highest BCUT2D eigenvalue weighted by molar-refractivity contribution is 7.13. The highest BCUT2D eigenvalue weighted by Crippen LogP contribution is 2.33. The number of rotatable bonds is 3. The molecule has 0 saturated heterocycles. The molecule has 0 radical (unpaired) electrons. The van der Waals surface area contributed by atoms with Crippen molar-refractivity contribution in [3.63, 3.8) is 0 Å². The van der Waals surface area contributed by atoms with Gasteiger partial charge in [0, 0.05) is 11.4 Å². The molecule has 1 aromatic heterocycles. The number of nitrogens with one attached hydrogen (secondary N) is 1. The minimum Gasteiger partial charge on any atom is -0.476 e. The number of carbonyl (C=O) groups is 1. The van der Waals surface area contributed by atoms with Gasteiger partial charge in [-0.15, -0.1) is 11.3 Å². The number of hydrogen-bond acceptors (Lipinski definition) is 4. The van der Waals surface area contributed by atoms with Gasteiger partial charge in [0.1, 0.15) is 0 Å². The van der Waals surface area contributed by atoms with Crippen LogP contribution in [0.4, 0.5) is 5.13 Å². The lowest BCUT2D eigenvalue weighted by Crippen LogP contribution is -2.04. The summed E-state index contributed by atoms with van der Waals surface area (Å²) in [4.78, 5) is 14.4. The van der Waals surface area contributed by atoms with Gasteiger partial charge >= 0.3 is 5.97 Å². The van der Waals surface area contributed by atoms with Crippen molar-refractivity contribution in [2.45, 2.75) is 19.4 Å². The van der Waals surface area contributed by atoms with Crippen LogP contribution in [0.5, 0.6) is 0 Å². The molecule has 1 saturated carbocycles. The van der Waals surface area contributed by atoms with E-state index in [1.54, 1.807) is 5.38 Å². The topological polar surface area (TPSA) is 62.2 Å². The standard InChI is InChI=1S/C8H10N2O2S/c1-4-2-5(4)9-8-10-6(3-13-8)7(11)12/h3-5H,2H2,1H3,(H,9,10)(H,11,12). The first-order chi connectivity index (χ1) is 6.16. The predicted octanol–water partition coefficient (Wildman–Crippen LogP) is 1.66. The van der Waals surface area contributed by atoms with Crippen LogP contribution < -0.4 is 5.32 Å². The van der Waals surface area contributed by atoms with Gasteiger partial charge in [-0.05, 0) is 12.3 Å². The number of anilines is 1. The molecule has 1 aromatic rings. The van der Waals surface area contributed by atoms with Crippen molar-refractivity contribution in [2.75, 3.05) is 5.32 Å². The molecule has 2 atom stereocenters. The lowest BCUT2D eigenvalue weighted by Gasteiger charge is -1.97. The number of carboxylic acids is 1. The van der Waals surface area contributed by atoms with Crippen molar-refractivity contribution in [2.24, 2.45) is 5.92 Å². The van der Waals surface area contributed by atoms with Crippen molar-refractivity contribution in [1.29, 1.82) is 0 Å². The molecule has 1 aliphatic carbocycles. The normalized spacial score (nSPS) is 25.6. The first kappa shape index (κ1) is 8.50. The molecule has 0 amide bonds. The molecule has 13 heavy (non-hydrogen) atoms. The zero-order chi connectivity index (χ0) is 9.42. The third-order valence-electron chi connectivity index (χ3n) is 2.14. The molecule has 2 rings (SSSR count). The van der Waals surface area contributed by atoms with Gasteiger partial charge in [0.15, 0.2) is 10.8 Å². The van der Waals surface area contributed by atoms with Gasteiger partial charge in [0.25, 0.3) is 0 Å². The zero-order valence-electron chi connectivity index (χ0n) is 7.15. The van der Waals surface area contributed by atoms with E-state index >= 15 is 0 Å². The van der Waals surface area contributed by atoms with Gasteiger partial charge in [-0.25, -0.2) is 9.78 Å². The van der Waals surface area contributed by atoms with E-state index < -0.39 is 5.97 Å². The van der Waals surface area contributed by atoms with Crippen molar-refractivity contribution in [3.05, 3.63) is 11.1 Å². The Bertz CT molecular complexity index is 337. The van der Waals surface area contributed by atoms with Crippen LogP contribution in [0, 0.1) is 5.92 Å². The maximum atomic E-state index is 10.5. The molecule has 0 aliphatic heterocycles. The summed E-state index contributed by atoms with van der Waals surface area (Å²) >= 11 is 1.35. The van der Waals surface area contributed by atoms with Crippen LogP contribution in [-0.4, -0.2) is 22.1 Å². The zero-order valence-corrected chi connectivity index (χ0v) is 7.97. The van der Waals surface area contributed by atoms with Crippen molar-refractivity contribution in [3.8, 4) is 0 Å². The molecule has 1 heterocycles. The summed E-state index contributed by atoms with van der Waals surface area (Å²) in [6.45, 7) is 2.16. The van der Waals surface area contributed by atoms with E-state index in [1.807, 2.05) is 0 Å². The van der Waals surface area contributed by atoms with Gasteiger partial charge in [-0.2, -0.15) is 0 Å². The second-order valence-electron chi connectivity index (χ2n) is 3.31. The number of hydrogen-bond donors (Lipinski definition) is 2. The van der Waals surface area contributed by atoms with Gasteiger partial charge in [-0.3, -0.25) is 0 Å². The van der Waals surface area contributed by atoms with E-state index in [2.05, 4.69) is 17.2 Å². The molecule has 0 spiro atoms. The summed E-state index contributed by atoms with van der Waals surface area (Å²) in [6, 6.07) is 0.493. The Morgan fingerprint density at radius 3 is 3.00 bits per heavy atom. The Labute approximate surface area is 79.6 Å².